The van der Waals surface area contributed by atoms with Gasteiger partial charge in [-0.3, -0.25) is 14.9 Å². The second-order valence-corrected chi connectivity index (χ2v) is 7.45. The first-order valence-electron chi connectivity index (χ1n) is 9.30. The van der Waals surface area contributed by atoms with E-state index in [9.17, 15) is 19.7 Å². The number of ether oxygens (including phenoxy) is 1. The number of thiophene rings is 1. The number of esters is 1. The van der Waals surface area contributed by atoms with E-state index in [0.29, 0.717) is 10.4 Å². The average molecular weight is 457 g/mol. The molecule has 3 heterocycles. The third kappa shape index (κ3) is 4.62. The first kappa shape index (κ1) is 21.1. The maximum absolute atomic E-state index is 12.2. The predicted molar refractivity (Wildman–Crippen MR) is 110 cm³/mol. The van der Waals surface area contributed by atoms with Crippen molar-refractivity contribution in [2.24, 2.45) is 0 Å². The molecule has 0 amide bonds. The molecule has 164 valence electrons. The number of hydrogen-bond donors (Lipinski definition) is 0. The Balaban J connectivity index is 1.34. The smallest absolute Gasteiger partial charge is 0.437 e. The molecule has 0 aliphatic carbocycles. The average Bonchev–Trinajstić information content (AvgIpc) is 3.53. The molecule has 1 aromatic carbocycles. The lowest BCUT2D eigenvalue weighted by Crippen LogP contribution is -2.19. The Morgan fingerprint density at radius 3 is 2.69 bits per heavy atom. The minimum Gasteiger partial charge on any atom is -0.453 e. The Morgan fingerprint density at radius 2 is 2.00 bits per heavy atom. The number of benzene rings is 1. The summed E-state index contributed by atoms with van der Waals surface area (Å²) in [5, 5.41) is 24.4. The number of aryl methyl sites for hydroxylation is 1. The number of aromatic nitrogens is 4. The Labute approximate surface area is 183 Å². The maximum Gasteiger partial charge on any atom is 0.437 e. The number of hydrogen-bond acceptors (Lipinski definition) is 11. The summed E-state index contributed by atoms with van der Waals surface area (Å²) in [6.07, 6.45) is -0.957. The van der Waals surface area contributed by atoms with Crippen LogP contribution in [0.5, 0.6) is 0 Å². The Kier molecular flexibility index (Phi) is 5.89. The van der Waals surface area contributed by atoms with Gasteiger partial charge in [-0.15, -0.1) is 26.6 Å². The van der Waals surface area contributed by atoms with E-state index in [-0.39, 0.29) is 36.3 Å². The van der Waals surface area contributed by atoms with Crippen molar-refractivity contribution >= 4 is 23.0 Å². The predicted octanol–water partition coefficient (Wildman–Crippen LogP) is 3.22. The number of non-ortho nitro benzene ring substituents is 1. The third-order valence-corrected chi connectivity index (χ3v) is 5.15. The van der Waals surface area contributed by atoms with E-state index in [1.807, 2.05) is 11.4 Å². The van der Waals surface area contributed by atoms with Gasteiger partial charge in [-0.2, -0.15) is 4.68 Å². The second-order valence-electron chi connectivity index (χ2n) is 6.51. The van der Waals surface area contributed by atoms with Gasteiger partial charge in [-0.05, 0) is 30.5 Å². The van der Waals surface area contributed by atoms with Crippen molar-refractivity contribution in [3.8, 4) is 22.2 Å². The van der Waals surface area contributed by atoms with Crippen molar-refractivity contribution in [2.75, 3.05) is 0 Å². The van der Waals surface area contributed by atoms with Gasteiger partial charge in [0.05, 0.1) is 22.8 Å². The molecule has 3 aromatic heterocycles. The summed E-state index contributed by atoms with van der Waals surface area (Å²) < 4.78 is 16.9. The minimum absolute atomic E-state index is 0.0167. The lowest BCUT2D eigenvalue weighted by atomic mass is 10.2. The van der Waals surface area contributed by atoms with E-state index >= 15 is 0 Å². The lowest BCUT2D eigenvalue weighted by molar-refractivity contribution is -0.384. The van der Waals surface area contributed by atoms with Crippen LogP contribution >= 0.6 is 11.3 Å². The van der Waals surface area contributed by atoms with Gasteiger partial charge in [0.15, 0.2) is 6.10 Å². The molecule has 0 N–H and O–H groups in total. The summed E-state index contributed by atoms with van der Waals surface area (Å²) in [6, 6.07) is 9.17. The fourth-order valence-corrected chi connectivity index (χ4v) is 3.34. The van der Waals surface area contributed by atoms with Crippen LogP contribution in [0.4, 0.5) is 5.69 Å². The Hall–Kier alpha value is -4.13. The van der Waals surface area contributed by atoms with Crippen LogP contribution in [0.15, 0.2) is 55.4 Å². The van der Waals surface area contributed by atoms with E-state index in [1.165, 1.54) is 35.6 Å². The highest BCUT2D eigenvalue weighted by Crippen LogP contribution is 2.25. The zero-order chi connectivity index (χ0) is 22.7. The fraction of sp³-hybridized carbons (Fsp3) is 0.211. The van der Waals surface area contributed by atoms with Crippen LogP contribution in [0.3, 0.4) is 0 Å². The van der Waals surface area contributed by atoms with E-state index in [0.717, 1.165) is 4.68 Å². The lowest BCUT2D eigenvalue weighted by Gasteiger charge is -2.08. The van der Waals surface area contributed by atoms with Crippen molar-refractivity contribution < 1.29 is 23.3 Å². The second kappa shape index (κ2) is 8.93. The molecule has 0 bridgehead atoms. The molecule has 1 atom stereocenters. The van der Waals surface area contributed by atoms with Gasteiger partial charge in [0.25, 0.3) is 17.5 Å². The van der Waals surface area contributed by atoms with Gasteiger partial charge < -0.3 is 13.6 Å². The third-order valence-electron chi connectivity index (χ3n) is 4.29. The molecule has 0 aliphatic heterocycles. The van der Waals surface area contributed by atoms with Crippen LogP contribution in [0.1, 0.15) is 25.3 Å². The van der Waals surface area contributed by atoms with E-state index < -0.39 is 22.8 Å². The van der Waals surface area contributed by atoms with Gasteiger partial charge >= 0.3 is 11.7 Å². The van der Waals surface area contributed by atoms with Crippen molar-refractivity contribution in [1.29, 1.82) is 0 Å². The molecule has 0 spiro atoms. The molecule has 0 saturated carbocycles. The Bertz CT molecular complexity index is 1290. The highest BCUT2D eigenvalue weighted by molar-refractivity contribution is 7.13. The Morgan fingerprint density at radius 1 is 1.22 bits per heavy atom. The summed E-state index contributed by atoms with van der Waals surface area (Å²) in [7, 11) is 0. The first-order chi connectivity index (χ1) is 15.4. The summed E-state index contributed by atoms with van der Waals surface area (Å²) in [4.78, 5) is 35.0. The number of nitro groups is 1. The van der Waals surface area contributed by atoms with Gasteiger partial charge in [-0.25, -0.2) is 4.79 Å². The monoisotopic (exact) mass is 457 g/mol. The zero-order valence-corrected chi connectivity index (χ0v) is 17.4. The highest BCUT2D eigenvalue weighted by atomic mass is 32.1. The van der Waals surface area contributed by atoms with E-state index in [1.54, 1.807) is 13.0 Å². The SMILES string of the molecule is CC(OC(=O)CCn1nc(-c2cccs2)oc1=O)c1nnc(-c2ccc([N+](=O)[O-])cc2)o1. The largest absolute Gasteiger partial charge is 0.453 e. The van der Waals surface area contributed by atoms with Gasteiger partial charge in [-0.1, -0.05) is 6.07 Å². The minimum atomic E-state index is -0.836. The molecule has 0 fully saturated rings. The van der Waals surface area contributed by atoms with Gasteiger partial charge in [0.2, 0.25) is 5.89 Å². The molecular weight excluding hydrogens is 442 g/mol. The molecule has 0 radical (unpaired) electrons. The fourth-order valence-electron chi connectivity index (χ4n) is 2.69. The van der Waals surface area contributed by atoms with Crippen LogP contribution in [-0.4, -0.2) is 30.9 Å². The quantitative estimate of drug-likeness (QED) is 0.218. The van der Waals surface area contributed by atoms with Crippen molar-refractivity contribution in [2.45, 2.75) is 26.0 Å². The molecule has 0 saturated heterocycles. The van der Waals surface area contributed by atoms with Gasteiger partial charge in [0.1, 0.15) is 0 Å². The molecule has 32 heavy (non-hydrogen) atoms. The summed E-state index contributed by atoms with van der Waals surface area (Å²) >= 11 is 1.38. The van der Waals surface area contributed by atoms with Crippen LogP contribution in [0.2, 0.25) is 0 Å². The van der Waals surface area contributed by atoms with E-state index in [4.69, 9.17) is 13.6 Å². The van der Waals surface area contributed by atoms with Crippen molar-refractivity contribution in [1.82, 2.24) is 20.0 Å². The molecular formula is C19H15N5O7S. The molecule has 4 rings (SSSR count). The topological polar surface area (TPSA) is 156 Å². The molecule has 1 unspecified atom stereocenters. The van der Waals surface area contributed by atoms with Crippen LogP contribution in [-0.2, 0) is 16.1 Å². The van der Waals surface area contributed by atoms with Crippen molar-refractivity contribution in [3.05, 3.63) is 68.3 Å². The number of nitrogens with zero attached hydrogens (tertiary/aromatic N) is 5. The highest BCUT2D eigenvalue weighted by Gasteiger charge is 2.20. The zero-order valence-electron chi connectivity index (χ0n) is 16.5. The molecule has 4 aromatic rings. The summed E-state index contributed by atoms with van der Waals surface area (Å²) in [6.45, 7) is 1.54. The standard InChI is InChI=1S/C19H15N5O7S/c1-11(16-20-21-17(30-16)12-4-6-13(7-5-12)24(27)28)29-15(25)8-9-23-19(26)31-18(22-23)14-3-2-10-32-14/h2-7,10-11H,8-9H2,1H3. The summed E-state index contributed by atoms with van der Waals surface area (Å²) in [5.41, 5.74) is 0.421. The van der Waals surface area contributed by atoms with Crippen molar-refractivity contribution in [3.63, 3.8) is 0 Å². The normalized spacial score (nSPS) is 11.9. The molecule has 12 nitrogen and oxygen atoms in total. The van der Waals surface area contributed by atoms with Crippen LogP contribution in [0.25, 0.3) is 22.2 Å². The maximum atomic E-state index is 12.2. The molecule has 0 aliphatic rings. The molecule has 13 heteroatoms. The number of nitro benzene ring substituents is 1. The van der Waals surface area contributed by atoms with Crippen LogP contribution < -0.4 is 5.76 Å². The van der Waals surface area contributed by atoms with Crippen LogP contribution in [0, 0.1) is 10.1 Å². The van der Waals surface area contributed by atoms with E-state index in [2.05, 4.69) is 15.3 Å². The number of carbonyl (C=O) groups excluding carboxylic acids is 1. The van der Waals surface area contributed by atoms with Gasteiger partial charge in [0, 0.05) is 17.7 Å². The first-order valence-corrected chi connectivity index (χ1v) is 10.2. The number of rotatable bonds is 8. The number of carbonyl (C=O) groups is 1. The summed E-state index contributed by atoms with van der Waals surface area (Å²) in [5.74, 6) is -0.881.